The Hall–Kier alpha value is -12.8. The largest absolute Gasteiger partial charge is 0.308 e. The maximum absolute atomic E-state index is 11.1. The molecule has 0 unspecified atom stereocenters. The quantitative estimate of drug-likeness (QED) is 0.114. The van der Waals surface area contributed by atoms with Gasteiger partial charge in [-0.05, 0) is 60.7 Å². The van der Waals surface area contributed by atoms with Crippen LogP contribution in [0.4, 0.5) is 0 Å². The van der Waals surface area contributed by atoms with Crippen LogP contribution in [0.3, 0.4) is 0 Å². The van der Waals surface area contributed by atoms with Crippen molar-refractivity contribution in [2.45, 2.75) is 0 Å². The average Bonchev–Trinajstić information content (AvgIpc) is 1.78. The summed E-state index contributed by atoms with van der Waals surface area (Å²) >= 11 is 0. The van der Waals surface area contributed by atoms with E-state index in [1.165, 1.54) is 0 Å². The fourth-order valence-corrected chi connectivity index (χ4v) is 11.4. The van der Waals surface area contributed by atoms with Gasteiger partial charge in [-0.2, -0.15) is 10.5 Å². The highest BCUT2D eigenvalue weighted by molar-refractivity contribution is 6.13. The number of hydrogen-bond donors (Lipinski definition) is 0. The minimum Gasteiger partial charge on any atom is -0.308 e. The van der Waals surface area contributed by atoms with Gasteiger partial charge in [0, 0.05) is 83.1 Å². The van der Waals surface area contributed by atoms with E-state index in [0.717, 1.165) is 66.3 Å². The van der Waals surface area contributed by atoms with Crippen molar-refractivity contribution in [2.75, 3.05) is 0 Å². The van der Waals surface area contributed by atoms with E-state index in [-0.39, 0.29) is 0 Å². The molecule has 0 radical (unpaired) electrons. The van der Waals surface area contributed by atoms with Crippen LogP contribution in [0.2, 0.25) is 0 Å². The van der Waals surface area contributed by atoms with E-state index in [9.17, 15) is 10.5 Å². The summed E-state index contributed by atoms with van der Waals surface area (Å²) in [4.78, 5) is 46.3. The SMILES string of the molecule is N#Cc1ccccc1-c1cc(-c2nc(-c3ccccc3)nc(-c3ccccc3)n2)cc(-c2ccccc2C#N)c1-n1c2ccc(-c3nc(-c4ccccc4)nc(-c4ccccc4)n3)cc2c2cc(-c3nc(-c4ccccc4)nc(-c4ccccc4)n3)ccc21. The molecular formula is C77H46N12. The number of nitrogens with zero attached hydrogens (tertiary/aromatic N) is 12. The zero-order valence-electron chi connectivity index (χ0n) is 47.4. The molecule has 0 N–H and O–H groups in total. The van der Waals surface area contributed by atoms with Gasteiger partial charge in [-0.1, -0.05) is 218 Å². The lowest BCUT2D eigenvalue weighted by Gasteiger charge is -2.22. The first-order valence-electron chi connectivity index (χ1n) is 28.9. The van der Waals surface area contributed by atoms with Gasteiger partial charge in [0.1, 0.15) is 0 Å². The van der Waals surface area contributed by atoms with Crippen LogP contribution in [-0.4, -0.2) is 49.4 Å². The van der Waals surface area contributed by atoms with Crippen molar-refractivity contribution in [3.63, 3.8) is 0 Å². The summed E-state index contributed by atoms with van der Waals surface area (Å²) in [6.07, 6.45) is 0. The molecule has 11 aromatic carbocycles. The Morgan fingerprint density at radius 1 is 0.225 bits per heavy atom. The molecule has 0 atom stereocenters. The molecule has 15 rings (SSSR count). The summed E-state index contributed by atoms with van der Waals surface area (Å²) in [5, 5.41) is 23.9. The van der Waals surface area contributed by atoms with E-state index >= 15 is 0 Å². The fourth-order valence-electron chi connectivity index (χ4n) is 11.4. The van der Waals surface area contributed by atoms with Gasteiger partial charge >= 0.3 is 0 Å². The van der Waals surface area contributed by atoms with Crippen LogP contribution in [0.25, 0.3) is 152 Å². The lowest BCUT2D eigenvalue weighted by molar-refractivity contribution is 1.07. The van der Waals surface area contributed by atoms with Crippen molar-refractivity contribution in [3.05, 3.63) is 290 Å². The van der Waals surface area contributed by atoms with Gasteiger partial charge < -0.3 is 4.57 Å². The molecule has 89 heavy (non-hydrogen) atoms. The molecule has 12 nitrogen and oxygen atoms in total. The second-order valence-corrected chi connectivity index (χ2v) is 21.1. The van der Waals surface area contributed by atoms with Crippen LogP contribution in [0.15, 0.2) is 279 Å². The van der Waals surface area contributed by atoms with E-state index in [1.54, 1.807) is 0 Å². The Bertz CT molecular complexity index is 4820. The van der Waals surface area contributed by atoms with E-state index in [0.29, 0.717) is 97.1 Å². The molecule has 0 saturated heterocycles. The van der Waals surface area contributed by atoms with Gasteiger partial charge in [0.2, 0.25) is 0 Å². The molecule has 0 amide bonds. The van der Waals surface area contributed by atoms with Crippen molar-refractivity contribution < 1.29 is 0 Å². The highest BCUT2D eigenvalue weighted by Crippen LogP contribution is 2.46. The maximum atomic E-state index is 11.1. The molecule has 0 bridgehead atoms. The van der Waals surface area contributed by atoms with Crippen molar-refractivity contribution in [2.24, 2.45) is 0 Å². The zero-order valence-corrected chi connectivity index (χ0v) is 47.4. The van der Waals surface area contributed by atoms with Crippen LogP contribution in [0.1, 0.15) is 11.1 Å². The Morgan fingerprint density at radius 2 is 0.472 bits per heavy atom. The topological polar surface area (TPSA) is 169 Å². The monoisotopic (exact) mass is 1140 g/mol. The number of aromatic nitrogens is 10. The summed E-state index contributed by atoms with van der Waals surface area (Å²) in [5.74, 6) is 4.46. The van der Waals surface area contributed by atoms with E-state index in [2.05, 4.69) is 53.1 Å². The number of hydrogen-bond acceptors (Lipinski definition) is 11. The third-order valence-electron chi connectivity index (χ3n) is 15.6. The van der Waals surface area contributed by atoms with Crippen LogP contribution >= 0.6 is 0 Å². The zero-order chi connectivity index (χ0) is 59.6. The van der Waals surface area contributed by atoms with Crippen LogP contribution in [0.5, 0.6) is 0 Å². The van der Waals surface area contributed by atoms with Gasteiger partial charge in [0.05, 0.1) is 40.0 Å². The molecule has 0 fully saturated rings. The van der Waals surface area contributed by atoms with Gasteiger partial charge in [0.25, 0.3) is 0 Å². The van der Waals surface area contributed by atoms with Crippen molar-refractivity contribution >= 4 is 21.8 Å². The second-order valence-electron chi connectivity index (χ2n) is 21.1. The first kappa shape index (κ1) is 53.0. The molecule has 4 aromatic heterocycles. The Balaban J connectivity index is 1.05. The molecule has 4 heterocycles. The number of benzene rings is 11. The highest BCUT2D eigenvalue weighted by atomic mass is 15.1. The minimum atomic E-state index is 0.399. The van der Waals surface area contributed by atoms with Crippen molar-refractivity contribution in [3.8, 4) is 143 Å². The van der Waals surface area contributed by atoms with Crippen LogP contribution < -0.4 is 0 Å². The summed E-state index contributed by atoms with van der Waals surface area (Å²) < 4.78 is 2.24. The number of fused-ring (bicyclic) bond motifs is 3. The van der Waals surface area contributed by atoms with Gasteiger partial charge in [-0.15, -0.1) is 0 Å². The molecule has 0 aliphatic rings. The first-order valence-corrected chi connectivity index (χ1v) is 28.9. The molecule has 414 valence electrons. The average molecular weight is 1140 g/mol. The maximum Gasteiger partial charge on any atom is 0.164 e. The van der Waals surface area contributed by atoms with Gasteiger partial charge in [0.15, 0.2) is 52.4 Å². The predicted octanol–water partition coefficient (Wildman–Crippen LogP) is 17.4. The Morgan fingerprint density at radius 3 is 0.753 bits per heavy atom. The smallest absolute Gasteiger partial charge is 0.164 e. The van der Waals surface area contributed by atoms with Crippen molar-refractivity contribution in [1.82, 2.24) is 49.4 Å². The summed E-state index contributed by atoms with van der Waals surface area (Å²) in [6, 6.07) is 96.3. The minimum absolute atomic E-state index is 0.399. The summed E-state index contributed by atoms with van der Waals surface area (Å²) in [5.41, 5.74) is 13.0. The Kier molecular flexibility index (Phi) is 13.7. The molecule has 0 aliphatic heterocycles. The summed E-state index contributed by atoms with van der Waals surface area (Å²) in [6.45, 7) is 0. The van der Waals surface area contributed by atoms with Gasteiger partial charge in [-0.3, -0.25) is 0 Å². The highest BCUT2D eigenvalue weighted by Gasteiger charge is 2.27. The fraction of sp³-hybridized carbons (Fsp3) is 0. The standard InChI is InChI=1S/C77H46N12/c78-47-57-35-19-21-37-60(57)64-45-59(77-87-73(53-31-15-5-16-32-53)82-74(88-77)54-33-17-6-18-34-54)46-65(61-38-22-20-36-58(61)48-79)68(64)89-66-41-39-55(75-83-69(49-23-7-1-8-24-49)80-70(84-75)50-25-9-2-10-26-50)43-62(66)63-44-56(40-42-67(63)89)76-85-71(51-27-11-3-12-28-51)81-72(86-76)52-29-13-4-14-30-52/h1-46H. The number of nitriles is 2. The summed E-state index contributed by atoms with van der Waals surface area (Å²) in [7, 11) is 0. The van der Waals surface area contributed by atoms with Gasteiger partial charge in [-0.25, -0.2) is 44.9 Å². The lowest BCUT2D eigenvalue weighted by atomic mass is 9.89. The first-order chi connectivity index (χ1) is 44.0. The molecular weight excluding hydrogens is 1090 g/mol. The van der Waals surface area contributed by atoms with Crippen LogP contribution in [-0.2, 0) is 0 Å². The van der Waals surface area contributed by atoms with E-state index in [1.807, 2.05) is 243 Å². The normalized spacial score (nSPS) is 11.1. The predicted molar refractivity (Wildman–Crippen MR) is 350 cm³/mol. The van der Waals surface area contributed by atoms with E-state index in [4.69, 9.17) is 44.9 Å². The third-order valence-corrected chi connectivity index (χ3v) is 15.6. The molecule has 12 heteroatoms. The second kappa shape index (κ2) is 23.0. The van der Waals surface area contributed by atoms with Crippen LogP contribution in [0, 0.1) is 22.7 Å². The third kappa shape index (κ3) is 10.2. The lowest BCUT2D eigenvalue weighted by Crippen LogP contribution is -2.05. The molecule has 0 saturated carbocycles. The number of rotatable bonds is 12. The van der Waals surface area contributed by atoms with Crippen molar-refractivity contribution in [1.29, 1.82) is 10.5 Å². The molecule has 0 aliphatic carbocycles. The molecule has 15 aromatic rings. The van der Waals surface area contributed by atoms with E-state index < -0.39 is 0 Å². The Labute approximate surface area is 511 Å². The molecule has 0 spiro atoms.